The number of Topliss-reactive ketones (excluding diaryl/α,β-unsaturated/α-hetero) is 1. The van der Waals surface area contributed by atoms with Gasteiger partial charge in [0.1, 0.15) is 48.4 Å². The molecule has 2 aliphatic carbocycles. The lowest BCUT2D eigenvalue weighted by atomic mass is 9.74. The predicted molar refractivity (Wildman–Crippen MR) is 179 cm³/mol. The molecule has 4 rings (SSSR count). The molecule has 6 unspecified atom stereocenters. The number of amides is 1. The van der Waals surface area contributed by atoms with Gasteiger partial charge < -0.3 is 65.4 Å². The van der Waals surface area contributed by atoms with Crippen LogP contribution in [0.3, 0.4) is 0 Å². The average Bonchev–Trinajstić information content (AvgIpc) is 3.11. The van der Waals surface area contributed by atoms with Crippen LogP contribution in [0.25, 0.3) is 0 Å². The van der Waals surface area contributed by atoms with Gasteiger partial charge in [0.05, 0.1) is 24.9 Å². The van der Waals surface area contributed by atoms with Gasteiger partial charge in [-0.05, 0) is 51.0 Å². The number of nitrogens with two attached hydrogens (primary N) is 1. The number of ketones is 1. The van der Waals surface area contributed by atoms with Crippen LogP contribution >= 0.6 is 0 Å². The first-order valence-corrected chi connectivity index (χ1v) is 18.6. The van der Waals surface area contributed by atoms with E-state index in [1.54, 1.807) is 0 Å². The van der Waals surface area contributed by atoms with Crippen LogP contribution in [0.1, 0.15) is 91.4 Å². The molecule has 294 valence electrons. The SMILES string of the molecule is CCC1CC(C(=O)CCCN)C[C@@H](O[C@@H]2O[C@@H](CO)[C@H](O)C(O[C@@H](CC3CCCCC3)C(=O)O)C2NC(C)=O)[C@@H]1OC1O[C@@H](C)[C@H](O)C(O)[C@@H]1O. The van der Waals surface area contributed by atoms with E-state index in [2.05, 4.69) is 5.32 Å². The molecule has 0 aromatic rings. The molecule has 2 heterocycles. The zero-order valence-electron chi connectivity index (χ0n) is 30.0. The molecule has 16 nitrogen and oxygen atoms in total. The van der Waals surface area contributed by atoms with Crippen molar-refractivity contribution in [2.45, 2.75) is 171 Å². The van der Waals surface area contributed by atoms with E-state index in [1.807, 2.05) is 6.92 Å². The van der Waals surface area contributed by atoms with E-state index in [-0.39, 0.29) is 36.9 Å². The van der Waals surface area contributed by atoms with Gasteiger partial charge in [-0.25, -0.2) is 4.79 Å². The molecule has 4 fully saturated rings. The molecule has 2 saturated heterocycles. The summed E-state index contributed by atoms with van der Waals surface area (Å²) in [6.07, 6.45) is -8.80. The molecule has 0 spiro atoms. The lowest BCUT2D eigenvalue weighted by molar-refractivity contribution is -0.338. The number of carbonyl (C=O) groups excluding carboxylic acids is 2. The van der Waals surface area contributed by atoms with Gasteiger partial charge in [-0.1, -0.05) is 45.4 Å². The Labute approximate surface area is 299 Å². The van der Waals surface area contributed by atoms with Gasteiger partial charge in [-0.15, -0.1) is 0 Å². The number of ether oxygens (including phenoxy) is 5. The third kappa shape index (κ3) is 10.7. The van der Waals surface area contributed by atoms with Crippen molar-refractivity contribution in [1.29, 1.82) is 0 Å². The number of hydrogen-bond donors (Lipinski definition) is 8. The van der Waals surface area contributed by atoms with Crippen LogP contribution in [0.2, 0.25) is 0 Å². The lowest BCUT2D eigenvalue weighted by Crippen LogP contribution is -2.67. The zero-order chi connectivity index (χ0) is 37.4. The number of aliphatic hydroxyl groups excluding tert-OH is 5. The van der Waals surface area contributed by atoms with Crippen LogP contribution in [-0.4, -0.2) is 141 Å². The molecular weight excluding hydrogens is 672 g/mol. The van der Waals surface area contributed by atoms with E-state index in [9.17, 15) is 45.0 Å². The number of rotatable bonds is 16. The third-order valence-electron chi connectivity index (χ3n) is 11.0. The fraction of sp³-hybridized carbons (Fsp3) is 0.914. The monoisotopic (exact) mass is 732 g/mol. The Morgan fingerprint density at radius 1 is 0.922 bits per heavy atom. The summed E-state index contributed by atoms with van der Waals surface area (Å²) in [4.78, 5) is 38.4. The van der Waals surface area contributed by atoms with Crippen molar-refractivity contribution in [3.63, 3.8) is 0 Å². The maximum absolute atomic E-state index is 13.4. The highest BCUT2D eigenvalue weighted by Gasteiger charge is 2.52. The van der Waals surface area contributed by atoms with Crippen molar-refractivity contribution in [3.05, 3.63) is 0 Å². The minimum atomic E-state index is -1.61. The number of carboxylic acids is 1. The maximum atomic E-state index is 13.4. The van der Waals surface area contributed by atoms with E-state index in [4.69, 9.17) is 29.4 Å². The molecule has 4 aliphatic rings. The number of aliphatic carboxylic acids is 1. The van der Waals surface area contributed by atoms with Gasteiger partial charge in [0.2, 0.25) is 5.91 Å². The van der Waals surface area contributed by atoms with Crippen molar-refractivity contribution in [3.8, 4) is 0 Å². The number of hydrogen-bond acceptors (Lipinski definition) is 14. The fourth-order valence-electron chi connectivity index (χ4n) is 8.10. The second kappa shape index (κ2) is 19.5. The molecule has 9 N–H and O–H groups in total. The Kier molecular flexibility index (Phi) is 16.0. The van der Waals surface area contributed by atoms with Gasteiger partial charge >= 0.3 is 5.97 Å². The van der Waals surface area contributed by atoms with Gasteiger partial charge in [-0.3, -0.25) is 9.59 Å². The van der Waals surface area contributed by atoms with Crippen molar-refractivity contribution in [2.24, 2.45) is 23.5 Å². The summed E-state index contributed by atoms with van der Waals surface area (Å²) >= 11 is 0. The van der Waals surface area contributed by atoms with Crippen LogP contribution in [0.5, 0.6) is 0 Å². The van der Waals surface area contributed by atoms with Crippen molar-refractivity contribution < 1.29 is 68.7 Å². The molecule has 15 atom stereocenters. The van der Waals surface area contributed by atoms with E-state index in [0.29, 0.717) is 25.8 Å². The van der Waals surface area contributed by atoms with Crippen LogP contribution in [-0.2, 0) is 38.1 Å². The minimum absolute atomic E-state index is 0.0214. The van der Waals surface area contributed by atoms with Crippen LogP contribution in [0.4, 0.5) is 0 Å². The molecule has 0 bridgehead atoms. The molecule has 0 radical (unpaired) electrons. The second-order valence-corrected chi connectivity index (χ2v) is 14.8. The number of carbonyl (C=O) groups is 3. The van der Waals surface area contributed by atoms with E-state index in [0.717, 1.165) is 32.1 Å². The van der Waals surface area contributed by atoms with Crippen LogP contribution in [0, 0.1) is 17.8 Å². The van der Waals surface area contributed by atoms with E-state index < -0.39 is 104 Å². The summed E-state index contributed by atoms with van der Waals surface area (Å²) in [5, 5.41) is 66.0. The summed E-state index contributed by atoms with van der Waals surface area (Å²) < 4.78 is 30.9. The summed E-state index contributed by atoms with van der Waals surface area (Å²) in [5.74, 6) is -2.49. The normalized spacial score (nSPS) is 40.0. The molecule has 0 aromatic heterocycles. The Morgan fingerprint density at radius 3 is 2.24 bits per heavy atom. The van der Waals surface area contributed by atoms with Crippen molar-refractivity contribution in [2.75, 3.05) is 13.2 Å². The smallest absolute Gasteiger partial charge is 0.332 e. The Hall–Kier alpha value is -1.83. The van der Waals surface area contributed by atoms with Crippen molar-refractivity contribution in [1.82, 2.24) is 5.32 Å². The molecule has 0 aromatic carbocycles. The predicted octanol–water partition coefficient (Wildman–Crippen LogP) is -0.280. The van der Waals surface area contributed by atoms with E-state index in [1.165, 1.54) is 13.8 Å². The average molecular weight is 733 g/mol. The number of carboxylic acid groups (broad SMARTS) is 1. The quantitative estimate of drug-likeness (QED) is 0.102. The van der Waals surface area contributed by atoms with Crippen LogP contribution < -0.4 is 11.1 Å². The van der Waals surface area contributed by atoms with Gasteiger partial charge in [-0.2, -0.15) is 0 Å². The Bertz CT molecular complexity index is 1130. The zero-order valence-corrected chi connectivity index (χ0v) is 30.0. The van der Waals surface area contributed by atoms with Gasteiger partial charge in [0, 0.05) is 19.3 Å². The van der Waals surface area contributed by atoms with E-state index >= 15 is 0 Å². The molecular formula is C35H60N2O14. The topological polar surface area (TPSA) is 257 Å². The largest absolute Gasteiger partial charge is 0.479 e. The first-order chi connectivity index (χ1) is 24.3. The summed E-state index contributed by atoms with van der Waals surface area (Å²) in [6.45, 7) is 4.33. The Balaban J connectivity index is 1.66. The lowest BCUT2D eigenvalue weighted by Gasteiger charge is -2.49. The molecule has 1 amide bonds. The standard InChI is InChI=1S/C35H60N2O14/c1-4-20-14-21(22(40)11-8-12-36)15-23(31(20)51-35-30(44)29(43)27(41)17(2)47-35)49-34-26(37-18(3)39)32(28(42)25(16-38)50-34)48-24(33(45)46)13-19-9-6-5-7-10-19/h17,19-21,23-32,34-35,38,41-44H,4-16,36H2,1-3H3,(H,37,39)(H,45,46)/t17-,20?,21?,23+,24-,25-,26?,27-,28-,29?,30-,31+,32?,34+,35?/m0/s1. The highest BCUT2D eigenvalue weighted by molar-refractivity contribution is 5.81. The van der Waals surface area contributed by atoms with Gasteiger partial charge in [0.15, 0.2) is 18.7 Å². The third-order valence-corrected chi connectivity index (χ3v) is 11.0. The highest BCUT2D eigenvalue weighted by Crippen LogP contribution is 2.40. The molecule has 2 aliphatic heterocycles. The minimum Gasteiger partial charge on any atom is -0.479 e. The number of nitrogens with one attached hydrogen (secondary N) is 1. The first-order valence-electron chi connectivity index (χ1n) is 18.6. The van der Waals surface area contributed by atoms with Crippen LogP contribution in [0.15, 0.2) is 0 Å². The molecule has 2 saturated carbocycles. The number of aliphatic hydroxyl groups is 5. The highest BCUT2D eigenvalue weighted by atomic mass is 16.7. The summed E-state index contributed by atoms with van der Waals surface area (Å²) in [6, 6.07) is -1.25. The van der Waals surface area contributed by atoms with Gasteiger partial charge in [0.25, 0.3) is 0 Å². The fourth-order valence-corrected chi connectivity index (χ4v) is 8.10. The Morgan fingerprint density at radius 2 is 1.63 bits per heavy atom. The van der Waals surface area contributed by atoms with Crippen molar-refractivity contribution >= 4 is 17.7 Å². The summed E-state index contributed by atoms with van der Waals surface area (Å²) in [7, 11) is 0. The molecule has 51 heavy (non-hydrogen) atoms. The first kappa shape index (κ1) is 41.9. The summed E-state index contributed by atoms with van der Waals surface area (Å²) in [5.41, 5.74) is 5.68. The maximum Gasteiger partial charge on any atom is 0.332 e. The second-order valence-electron chi connectivity index (χ2n) is 14.8. The molecule has 16 heteroatoms.